The van der Waals surface area contributed by atoms with Gasteiger partial charge in [0.1, 0.15) is 5.82 Å². The predicted octanol–water partition coefficient (Wildman–Crippen LogP) is 2.14. The van der Waals surface area contributed by atoms with E-state index in [2.05, 4.69) is 20.4 Å². The van der Waals surface area contributed by atoms with Crippen LogP contribution in [0.4, 0.5) is 5.82 Å². The molecule has 0 spiro atoms. The summed E-state index contributed by atoms with van der Waals surface area (Å²) in [5, 5.41) is 16.3. The highest BCUT2D eigenvalue weighted by Crippen LogP contribution is 2.22. The number of carbonyl (C=O) groups is 1. The summed E-state index contributed by atoms with van der Waals surface area (Å²) >= 11 is 0. The number of aromatic nitrogens is 4. The molecule has 1 aliphatic heterocycles. The fourth-order valence-electron chi connectivity index (χ4n) is 3.17. The minimum absolute atomic E-state index is 0.00368. The van der Waals surface area contributed by atoms with Crippen molar-refractivity contribution in [3.8, 4) is 11.4 Å². The predicted molar refractivity (Wildman–Crippen MR) is 99.8 cm³/mol. The zero-order valence-electron chi connectivity index (χ0n) is 15.0. The van der Waals surface area contributed by atoms with E-state index in [4.69, 9.17) is 5.10 Å². The van der Waals surface area contributed by atoms with Crippen LogP contribution in [-0.2, 0) is 4.79 Å². The van der Waals surface area contributed by atoms with Crippen molar-refractivity contribution < 1.29 is 4.79 Å². The molecule has 26 heavy (non-hydrogen) atoms. The third-order valence-electron chi connectivity index (χ3n) is 4.66. The Kier molecular flexibility index (Phi) is 4.28. The molecular weight excluding hydrogens is 328 g/mol. The zero-order valence-corrected chi connectivity index (χ0v) is 15.0. The quantitative estimate of drug-likeness (QED) is 0.780. The molecule has 1 amide bonds. The van der Waals surface area contributed by atoms with E-state index in [1.54, 1.807) is 4.52 Å². The van der Waals surface area contributed by atoms with Gasteiger partial charge in [0.05, 0.1) is 0 Å². The van der Waals surface area contributed by atoms with Crippen LogP contribution in [0.2, 0.25) is 0 Å². The number of carbonyl (C=O) groups excluding carboxylic acids is 1. The average molecular weight is 350 g/mol. The van der Waals surface area contributed by atoms with Gasteiger partial charge < -0.3 is 10.2 Å². The van der Waals surface area contributed by atoms with Crippen LogP contribution in [0.1, 0.15) is 20.3 Å². The summed E-state index contributed by atoms with van der Waals surface area (Å²) in [5.41, 5.74) is 1.70. The maximum Gasteiger partial charge on any atom is 0.222 e. The number of nitrogens with one attached hydrogen (secondary N) is 1. The first-order valence-corrected chi connectivity index (χ1v) is 8.95. The van der Waals surface area contributed by atoms with Crippen molar-refractivity contribution >= 4 is 17.4 Å². The highest BCUT2D eigenvalue weighted by Gasteiger charge is 2.26. The molecule has 0 aliphatic carbocycles. The van der Waals surface area contributed by atoms with Crippen LogP contribution in [0.5, 0.6) is 0 Å². The number of rotatable bonds is 4. The van der Waals surface area contributed by atoms with Crippen LogP contribution >= 0.6 is 0 Å². The van der Waals surface area contributed by atoms with E-state index in [0.717, 1.165) is 42.4 Å². The number of nitrogens with zero attached hydrogens (tertiary/aromatic N) is 5. The summed E-state index contributed by atoms with van der Waals surface area (Å²) < 4.78 is 1.78. The van der Waals surface area contributed by atoms with Crippen molar-refractivity contribution in [1.82, 2.24) is 25.1 Å². The van der Waals surface area contributed by atoms with Gasteiger partial charge in [-0.3, -0.25) is 4.79 Å². The summed E-state index contributed by atoms with van der Waals surface area (Å²) in [4.78, 5) is 14.1. The van der Waals surface area contributed by atoms with Crippen molar-refractivity contribution in [2.24, 2.45) is 5.92 Å². The fraction of sp³-hybridized carbons (Fsp3) is 0.368. The van der Waals surface area contributed by atoms with Crippen molar-refractivity contribution in [1.29, 1.82) is 0 Å². The molecule has 0 saturated carbocycles. The summed E-state index contributed by atoms with van der Waals surface area (Å²) in [6.07, 6.45) is 0.923. The Morgan fingerprint density at radius 1 is 1.15 bits per heavy atom. The topological polar surface area (TPSA) is 75.4 Å². The molecule has 1 N–H and O–H groups in total. The largest absolute Gasteiger partial charge is 0.353 e. The lowest BCUT2D eigenvalue weighted by Crippen LogP contribution is -2.39. The third kappa shape index (κ3) is 3.12. The van der Waals surface area contributed by atoms with Gasteiger partial charge in [-0.05, 0) is 18.6 Å². The van der Waals surface area contributed by atoms with Crippen molar-refractivity contribution in [2.75, 3.05) is 18.0 Å². The summed E-state index contributed by atoms with van der Waals surface area (Å²) in [6.45, 7) is 5.45. The van der Waals surface area contributed by atoms with E-state index in [9.17, 15) is 4.79 Å². The molecule has 134 valence electrons. The normalized spacial score (nSPS) is 17.2. The average Bonchev–Trinajstić information content (AvgIpc) is 3.28. The minimum Gasteiger partial charge on any atom is -0.353 e. The molecule has 3 heterocycles. The number of fused-ring (bicyclic) bond motifs is 1. The monoisotopic (exact) mass is 350 g/mol. The molecule has 1 fully saturated rings. The lowest BCUT2D eigenvalue weighted by atomic mass is 10.2. The number of amides is 1. The Hall–Kier alpha value is -2.96. The lowest BCUT2D eigenvalue weighted by molar-refractivity contribution is -0.124. The van der Waals surface area contributed by atoms with Gasteiger partial charge in [0, 0.05) is 30.6 Å². The Bertz CT molecular complexity index is 920. The van der Waals surface area contributed by atoms with Gasteiger partial charge in [0.15, 0.2) is 11.5 Å². The maximum absolute atomic E-state index is 11.9. The molecule has 1 aromatic carbocycles. The first kappa shape index (κ1) is 16.5. The van der Waals surface area contributed by atoms with Crippen LogP contribution in [0.25, 0.3) is 17.0 Å². The molecule has 0 bridgehead atoms. The second-order valence-electron chi connectivity index (χ2n) is 6.95. The van der Waals surface area contributed by atoms with Crippen molar-refractivity contribution in [3.05, 3.63) is 42.5 Å². The molecule has 4 rings (SSSR count). The highest BCUT2D eigenvalue weighted by molar-refractivity contribution is 5.78. The fourth-order valence-corrected chi connectivity index (χ4v) is 3.17. The van der Waals surface area contributed by atoms with E-state index in [0.29, 0.717) is 0 Å². The smallest absolute Gasteiger partial charge is 0.222 e. The molecule has 3 aromatic rings. The first-order chi connectivity index (χ1) is 12.6. The maximum atomic E-state index is 11.9. The molecule has 1 saturated heterocycles. The first-order valence-electron chi connectivity index (χ1n) is 8.95. The SMILES string of the molecule is CC(C)C(=O)NC1CCN(c2ccc3nnc(-c4ccccc4)n3n2)C1. The highest BCUT2D eigenvalue weighted by atomic mass is 16.1. The Balaban J connectivity index is 1.57. The van der Waals surface area contributed by atoms with Gasteiger partial charge in [0.2, 0.25) is 5.91 Å². The molecule has 1 unspecified atom stereocenters. The lowest BCUT2D eigenvalue weighted by Gasteiger charge is -2.18. The molecule has 1 aliphatic rings. The van der Waals surface area contributed by atoms with E-state index >= 15 is 0 Å². The molecule has 7 nitrogen and oxygen atoms in total. The second-order valence-corrected chi connectivity index (χ2v) is 6.95. The number of benzene rings is 1. The number of hydrogen-bond donors (Lipinski definition) is 1. The van der Waals surface area contributed by atoms with Gasteiger partial charge in [-0.25, -0.2) is 0 Å². The van der Waals surface area contributed by atoms with Gasteiger partial charge in [-0.15, -0.1) is 15.3 Å². The molecule has 2 aromatic heterocycles. The molecular formula is C19H22N6O. The zero-order chi connectivity index (χ0) is 18.1. The molecule has 7 heteroatoms. The van der Waals surface area contributed by atoms with E-state index < -0.39 is 0 Å². The van der Waals surface area contributed by atoms with Crippen LogP contribution in [0.15, 0.2) is 42.5 Å². The number of hydrogen-bond acceptors (Lipinski definition) is 5. The Morgan fingerprint density at radius 2 is 1.96 bits per heavy atom. The summed E-state index contributed by atoms with van der Waals surface area (Å²) in [5.74, 6) is 1.71. The summed E-state index contributed by atoms with van der Waals surface area (Å²) in [6, 6.07) is 14.0. The van der Waals surface area contributed by atoms with Gasteiger partial charge in [-0.1, -0.05) is 44.2 Å². The van der Waals surface area contributed by atoms with Gasteiger partial charge in [0.25, 0.3) is 0 Å². The number of anilines is 1. The summed E-state index contributed by atoms with van der Waals surface area (Å²) in [7, 11) is 0. The van der Waals surface area contributed by atoms with Crippen molar-refractivity contribution in [3.63, 3.8) is 0 Å². The Morgan fingerprint density at radius 3 is 2.73 bits per heavy atom. The second kappa shape index (κ2) is 6.74. The van der Waals surface area contributed by atoms with E-state index in [1.807, 2.05) is 56.3 Å². The Labute approximate surface area is 152 Å². The van der Waals surface area contributed by atoms with Gasteiger partial charge >= 0.3 is 0 Å². The molecule has 0 radical (unpaired) electrons. The van der Waals surface area contributed by atoms with E-state index in [-0.39, 0.29) is 17.9 Å². The van der Waals surface area contributed by atoms with Crippen LogP contribution in [0.3, 0.4) is 0 Å². The van der Waals surface area contributed by atoms with Crippen LogP contribution < -0.4 is 10.2 Å². The minimum atomic E-state index is 0.00368. The molecule has 1 atom stereocenters. The third-order valence-corrected chi connectivity index (χ3v) is 4.66. The standard InChI is InChI=1S/C19H22N6O/c1-13(2)19(26)20-15-10-11-24(12-15)17-9-8-16-21-22-18(25(16)23-17)14-6-4-3-5-7-14/h3-9,13,15H,10-12H2,1-2H3,(H,20,26). The van der Waals surface area contributed by atoms with E-state index in [1.165, 1.54) is 0 Å². The van der Waals surface area contributed by atoms with Crippen molar-refractivity contribution in [2.45, 2.75) is 26.3 Å². The van der Waals surface area contributed by atoms with Crippen LogP contribution in [-0.4, -0.2) is 44.8 Å². The van der Waals surface area contributed by atoms with Gasteiger partial charge in [-0.2, -0.15) is 4.52 Å². The van der Waals surface area contributed by atoms with Crippen LogP contribution in [0, 0.1) is 5.92 Å².